The van der Waals surface area contributed by atoms with E-state index in [1.807, 2.05) is 18.2 Å². The molecule has 0 fully saturated rings. The minimum atomic E-state index is -0.696. The number of carbonyl (C=O) groups is 1. The molecule has 0 saturated carbocycles. The predicted octanol–water partition coefficient (Wildman–Crippen LogP) is 3.25. The van der Waals surface area contributed by atoms with Gasteiger partial charge in [-0.15, -0.1) is 0 Å². The standard InChI is InChI=1S/C16H9IN2O5/c17-11-5-1-3-9(7-11)14-12(16(21)24-18-14)8-10-4-2-6-13(15(10)20)19(22)23/h1-8,20H/b12-8-. The van der Waals surface area contributed by atoms with E-state index in [9.17, 15) is 20.0 Å². The molecule has 0 aromatic heterocycles. The lowest BCUT2D eigenvalue weighted by atomic mass is 10.00. The maximum atomic E-state index is 12.0. The Morgan fingerprint density at radius 1 is 1.25 bits per heavy atom. The van der Waals surface area contributed by atoms with Crippen LogP contribution >= 0.6 is 22.6 Å². The van der Waals surface area contributed by atoms with Crippen LogP contribution < -0.4 is 0 Å². The Hall–Kier alpha value is -2.75. The highest BCUT2D eigenvalue weighted by molar-refractivity contribution is 14.1. The summed E-state index contributed by atoms with van der Waals surface area (Å²) in [6.45, 7) is 0. The first-order valence-electron chi connectivity index (χ1n) is 6.71. The molecule has 7 nitrogen and oxygen atoms in total. The lowest BCUT2D eigenvalue weighted by Crippen LogP contribution is -2.07. The summed E-state index contributed by atoms with van der Waals surface area (Å²) < 4.78 is 0.949. The van der Waals surface area contributed by atoms with Crippen molar-refractivity contribution in [2.75, 3.05) is 0 Å². The van der Waals surface area contributed by atoms with Crippen LogP contribution in [0.5, 0.6) is 5.75 Å². The van der Waals surface area contributed by atoms with Crippen LogP contribution in [0.2, 0.25) is 0 Å². The Morgan fingerprint density at radius 2 is 2.00 bits per heavy atom. The highest BCUT2D eigenvalue weighted by Crippen LogP contribution is 2.32. The van der Waals surface area contributed by atoms with Gasteiger partial charge in [0.25, 0.3) is 0 Å². The number of benzene rings is 2. The van der Waals surface area contributed by atoms with Crippen molar-refractivity contribution in [1.29, 1.82) is 0 Å². The molecular formula is C16H9IN2O5. The largest absolute Gasteiger partial charge is 0.502 e. The predicted molar refractivity (Wildman–Crippen MR) is 94.5 cm³/mol. The van der Waals surface area contributed by atoms with Crippen LogP contribution in [-0.4, -0.2) is 21.7 Å². The summed E-state index contributed by atoms with van der Waals surface area (Å²) in [5.41, 5.74) is 0.793. The van der Waals surface area contributed by atoms with Crippen molar-refractivity contribution in [2.45, 2.75) is 0 Å². The summed E-state index contributed by atoms with van der Waals surface area (Å²) in [6.07, 6.45) is 1.33. The minimum Gasteiger partial charge on any atom is -0.502 e. The molecule has 3 rings (SSSR count). The van der Waals surface area contributed by atoms with E-state index in [0.29, 0.717) is 11.3 Å². The maximum Gasteiger partial charge on any atom is 0.368 e. The summed E-state index contributed by atoms with van der Waals surface area (Å²) >= 11 is 2.13. The smallest absolute Gasteiger partial charge is 0.368 e. The fourth-order valence-corrected chi connectivity index (χ4v) is 2.76. The number of hydrogen-bond acceptors (Lipinski definition) is 6. The lowest BCUT2D eigenvalue weighted by Gasteiger charge is -2.03. The molecule has 0 amide bonds. The Morgan fingerprint density at radius 3 is 2.71 bits per heavy atom. The molecule has 1 N–H and O–H groups in total. The SMILES string of the molecule is O=C1ON=C(c2cccc(I)c2)/C1=C/c1cccc([N+](=O)[O-])c1O. The number of nitrogens with zero attached hydrogens (tertiary/aromatic N) is 2. The van der Waals surface area contributed by atoms with Gasteiger partial charge in [-0.3, -0.25) is 10.1 Å². The second-order valence-electron chi connectivity index (χ2n) is 4.86. The van der Waals surface area contributed by atoms with E-state index in [1.54, 1.807) is 6.07 Å². The molecule has 0 atom stereocenters. The van der Waals surface area contributed by atoms with Gasteiger partial charge in [-0.1, -0.05) is 29.4 Å². The number of halogens is 1. The van der Waals surface area contributed by atoms with E-state index >= 15 is 0 Å². The van der Waals surface area contributed by atoms with Crippen LogP contribution in [0.25, 0.3) is 6.08 Å². The summed E-state index contributed by atoms with van der Waals surface area (Å²) in [5, 5.41) is 24.7. The number of nitro benzene ring substituents is 1. The van der Waals surface area contributed by atoms with Crippen molar-refractivity contribution in [3.63, 3.8) is 0 Å². The molecule has 1 aliphatic heterocycles. The Bertz CT molecular complexity index is 920. The van der Waals surface area contributed by atoms with Crippen molar-refractivity contribution in [3.05, 3.63) is 72.8 Å². The van der Waals surface area contributed by atoms with Crippen molar-refractivity contribution in [2.24, 2.45) is 5.16 Å². The molecule has 24 heavy (non-hydrogen) atoms. The number of para-hydroxylation sites is 1. The van der Waals surface area contributed by atoms with Gasteiger partial charge >= 0.3 is 11.7 Å². The molecule has 0 spiro atoms. The van der Waals surface area contributed by atoms with Crippen LogP contribution in [0.1, 0.15) is 11.1 Å². The van der Waals surface area contributed by atoms with Crippen molar-refractivity contribution >= 4 is 46.0 Å². The monoisotopic (exact) mass is 436 g/mol. The van der Waals surface area contributed by atoms with Crippen LogP contribution in [0.3, 0.4) is 0 Å². The molecule has 0 bridgehead atoms. The number of oxime groups is 1. The summed E-state index contributed by atoms with van der Waals surface area (Å²) in [7, 11) is 0. The van der Waals surface area contributed by atoms with Crippen LogP contribution in [-0.2, 0) is 9.63 Å². The van der Waals surface area contributed by atoms with Crippen molar-refractivity contribution < 1.29 is 19.7 Å². The van der Waals surface area contributed by atoms with Crippen LogP contribution in [0, 0.1) is 13.7 Å². The fraction of sp³-hybridized carbons (Fsp3) is 0. The second kappa shape index (κ2) is 6.40. The molecule has 2 aromatic carbocycles. The van der Waals surface area contributed by atoms with Gasteiger partial charge in [-0.2, -0.15) is 0 Å². The average Bonchev–Trinajstić information content (AvgIpc) is 2.90. The molecule has 8 heteroatoms. The quantitative estimate of drug-likeness (QED) is 0.262. The van der Waals surface area contributed by atoms with Crippen LogP contribution in [0.15, 0.2) is 53.2 Å². The third kappa shape index (κ3) is 3.00. The van der Waals surface area contributed by atoms with Gasteiger partial charge < -0.3 is 9.94 Å². The summed E-state index contributed by atoms with van der Waals surface area (Å²) in [5.74, 6) is -1.20. The first-order valence-corrected chi connectivity index (χ1v) is 7.79. The van der Waals surface area contributed by atoms with Crippen molar-refractivity contribution in [1.82, 2.24) is 0 Å². The van der Waals surface area contributed by atoms with E-state index in [0.717, 1.165) is 3.57 Å². The number of rotatable bonds is 3. The fourth-order valence-electron chi connectivity index (χ4n) is 2.22. The van der Waals surface area contributed by atoms with E-state index in [1.165, 1.54) is 24.3 Å². The minimum absolute atomic E-state index is 0.118. The van der Waals surface area contributed by atoms with Gasteiger partial charge in [0.2, 0.25) is 5.75 Å². The van der Waals surface area contributed by atoms with E-state index in [-0.39, 0.29) is 11.1 Å². The van der Waals surface area contributed by atoms with Gasteiger partial charge in [0, 0.05) is 20.8 Å². The Balaban J connectivity index is 2.09. The van der Waals surface area contributed by atoms with Gasteiger partial charge in [-0.25, -0.2) is 4.79 Å². The van der Waals surface area contributed by atoms with E-state index < -0.39 is 22.3 Å². The maximum absolute atomic E-state index is 12.0. The molecule has 120 valence electrons. The summed E-state index contributed by atoms with van der Waals surface area (Å²) in [6, 6.07) is 11.4. The number of phenolic OH excluding ortho intramolecular Hbond substituents is 1. The lowest BCUT2D eigenvalue weighted by molar-refractivity contribution is -0.385. The zero-order valence-corrected chi connectivity index (χ0v) is 14.1. The summed E-state index contributed by atoms with van der Waals surface area (Å²) in [4.78, 5) is 26.9. The molecule has 0 saturated heterocycles. The van der Waals surface area contributed by atoms with Gasteiger partial charge in [0.1, 0.15) is 5.71 Å². The Labute approximate surface area is 149 Å². The van der Waals surface area contributed by atoms with E-state index in [4.69, 9.17) is 4.84 Å². The molecule has 0 unspecified atom stereocenters. The zero-order chi connectivity index (χ0) is 17.3. The highest BCUT2D eigenvalue weighted by Gasteiger charge is 2.28. The molecule has 1 heterocycles. The second-order valence-corrected chi connectivity index (χ2v) is 6.10. The van der Waals surface area contributed by atoms with Gasteiger partial charge in [0.05, 0.1) is 10.5 Å². The number of carbonyl (C=O) groups excluding carboxylic acids is 1. The zero-order valence-electron chi connectivity index (χ0n) is 12.0. The topological polar surface area (TPSA) is 102 Å². The third-order valence-electron chi connectivity index (χ3n) is 3.34. The highest BCUT2D eigenvalue weighted by atomic mass is 127. The Kier molecular flexibility index (Phi) is 4.30. The molecule has 0 aliphatic carbocycles. The number of hydrogen-bond donors (Lipinski definition) is 1. The molecule has 1 aliphatic rings. The average molecular weight is 436 g/mol. The molecule has 0 radical (unpaired) electrons. The first-order chi connectivity index (χ1) is 11.5. The molecule has 2 aromatic rings. The number of phenols is 1. The van der Waals surface area contributed by atoms with Crippen molar-refractivity contribution in [3.8, 4) is 5.75 Å². The van der Waals surface area contributed by atoms with E-state index in [2.05, 4.69) is 27.7 Å². The van der Waals surface area contributed by atoms with Gasteiger partial charge in [0.15, 0.2) is 0 Å². The normalized spacial score (nSPS) is 15.3. The third-order valence-corrected chi connectivity index (χ3v) is 4.01. The number of aromatic hydroxyl groups is 1. The molecular weight excluding hydrogens is 427 g/mol. The first kappa shape index (κ1) is 16.1. The number of nitro groups is 1. The van der Waals surface area contributed by atoms with Gasteiger partial charge in [-0.05, 0) is 40.8 Å². The van der Waals surface area contributed by atoms with Crippen LogP contribution in [0.4, 0.5) is 5.69 Å².